The molecule has 2 unspecified atom stereocenters. The van der Waals surface area contributed by atoms with Crippen molar-refractivity contribution in [3.63, 3.8) is 0 Å². The summed E-state index contributed by atoms with van der Waals surface area (Å²) in [5.74, 6) is -0.559. The monoisotopic (exact) mass is 215 g/mol. The van der Waals surface area contributed by atoms with Gasteiger partial charge in [-0.25, -0.2) is 0 Å². The van der Waals surface area contributed by atoms with Crippen LogP contribution in [0.2, 0.25) is 0 Å². The van der Waals surface area contributed by atoms with Gasteiger partial charge in [-0.3, -0.25) is 4.55 Å². The summed E-state index contributed by atoms with van der Waals surface area (Å²) in [4.78, 5) is 0. The van der Waals surface area contributed by atoms with E-state index < -0.39 is 35.2 Å². The van der Waals surface area contributed by atoms with E-state index in [1.807, 2.05) is 0 Å². The van der Waals surface area contributed by atoms with Gasteiger partial charge in [0.05, 0.1) is 20.3 Å². The van der Waals surface area contributed by atoms with Gasteiger partial charge in [0.2, 0.25) is 0 Å². The molecule has 6 nitrogen and oxygen atoms in total. The third-order valence-electron chi connectivity index (χ3n) is 1.11. The van der Waals surface area contributed by atoms with Crippen LogP contribution in [0.15, 0.2) is 0 Å². The average Bonchev–Trinajstić information content (AvgIpc) is 2.09. The van der Waals surface area contributed by atoms with Crippen LogP contribution in [-0.4, -0.2) is 54.8 Å². The van der Waals surface area contributed by atoms with Crippen molar-refractivity contribution in [2.24, 2.45) is 0 Å². The maximum absolute atomic E-state index is 10.3. The van der Waals surface area contributed by atoms with E-state index in [1.54, 1.807) is 0 Å². The molecule has 0 spiro atoms. The lowest BCUT2D eigenvalue weighted by Gasteiger charge is -2.07. The Morgan fingerprint density at radius 1 is 1.54 bits per heavy atom. The Bertz CT molecular complexity index is 241. The summed E-state index contributed by atoms with van der Waals surface area (Å²) in [7, 11) is -4.08. The van der Waals surface area contributed by atoms with Gasteiger partial charge in [0, 0.05) is 6.58 Å². The minimum absolute atomic E-state index is 0.184. The number of hydrogen-bond donors (Lipinski definition) is 3. The molecule has 0 radical (unpaired) electrons. The molecule has 7 heteroatoms. The number of aliphatic hydroxyl groups is 2. The third-order valence-corrected chi connectivity index (χ3v) is 1.86. The van der Waals surface area contributed by atoms with Crippen LogP contribution in [0.1, 0.15) is 7.79 Å². The van der Waals surface area contributed by atoms with Crippen molar-refractivity contribution in [2.75, 3.05) is 25.5 Å². The van der Waals surface area contributed by atoms with Crippen molar-refractivity contribution in [1.29, 1.82) is 0 Å². The molecule has 0 aromatic rings. The summed E-state index contributed by atoms with van der Waals surface area (Å²) in [5, 5.41) is 17.2. The van der Waals surface area contributed by atoms with E-state index in [4.69, 9.17) is 16.1 Å². The number of rotatable bonds is 7. The molecule has 0 rings (SSSR count). The Labute approximate surface area is 78.3 Å². The lowest BCUT2D eigenvalue weighted by atomic mass is 10.4. The van der Waals surface area contributed by atoms with Gasteiger partial charge in [0.1, 0.15) is 6.10 Å². The predicted molar refractivity (Wildman–Crippen MR) is 44.9 cm³/mol. The highest BCUT2D eigenvalue weighted by atomic mass is 32.2. The highest BCUT2D eigenvalue weighted by Crippen LogP contribution is 1.91. The molecule has 0 fully saturated rings. The second-order valence-corrected chi connectivity index (χ2v) is 3.98. The molecule has 0 aliphatic carbocycles. The van der Waals surface area contributed by atoms with Crippen LogP contribution in [0.25, 0.3) is 0 Å². The molecule has 0 bridgehead atoms. The lowest BCUT2D eigenvalue weighted by molar-refractivity contribution is 0.00661. The van der Waals surface area contributed by atoms with Gasteiger partial charge < -0.3 is 14.9 Å². The molecule has 0 amide bonds. The van der Waals surface area contributed by atoms with Gasteiger partial charge in [-0.15, -0.1) is 0 Å². The van der Waals surface area contributed by atoms with Crippen LogP contribution in [-0.2, 0) is 14.9 Å². The Morgan fingerprint density at radius 2 is 2.15 bits per heavy atom. The van der Waals surface area contributed by atoms with Crippen molar-refractivity contribution in [3.8, 4) is 0 Å². The molecule has 0 heterocycles. The molecule has 3 N–H and O–H groups in total. The smallest absolute Gasteiger partial charge is 0.264 e. The fourth-order valence-corrected chi connectivity index (χ4v) is 0.906. The predicted octanol–water partition coefficient (Wildman–Crippen LogP) is -1.37. The number of aliphatic hydroxyl groups excluding tert-OH is 2. The first-order valence-electron chi connectivity index (χ1n) is 4.21. The summed E-state index contributed by atoms with van der Waals surface area (Å²) in [6, 6.07) is 0. The third kappa shape index (κ3) is 9.71. The lowest BCUT2D eigenvalue weighted by Crippen LogP contribution is -2.20. The normalized spacial score (nSPS) is 17.9. The van der Waals surface area contributed by atoms with Crippen molar-refractivity contribution in [3.05, 3.63) is 0 Å². The summed E-state index contributed by atoms with van der Waals surface area (Å²) in [6.45, 7) is -1.86. The number of ether oxygens (including phenoxy) is 1. The Kier molecular flexibility index (Phi) is 5.25. The zero-order valence-corrected chi connectivity index (χ0v) is 7.77. The maximum Gasteiger partial charge on any atom is 0.264 e. The molecule has 0 saturated carbocycles. The van der Waals surface area contributed by atoms with Crippen molar-refractivity contribution in [1.82, 2.24) is 0 Å². The van der Waals surface area contributed by atoms with Crippen molar-refractivity contribution in [2.45, 2.75) is 12.5 Å². The Morgan fingerprint density at radius 3 is 2.62 bits per heavy atom. The quantitative estimate of drug-likeness (QED) is 0.453. The van der Waals surface area contributed by atoms with E-state index >= 15 is 0 Å². The van der Waals surface area contributed by atoms with E-state index in [2.05, 4.69) is 4.74 Å². The first kappa shape index (κ1) is 10.9. The van der Waals surface area contributed by atoms with Gasteiger partial charge in [0.15, 0.2) is 0 Å². The molecule has 0 aromatic carbocycles. The maximum atomic E-state index is 10.3. The molecule has 0 aliphatic heterocycles. The first-order chi connectivity index (χ1) is 6.35. The first-order valence-corrected chi connectivity index (χ1v) is 5.24. The fourth-order valence-electron chi connectivity index (χ4n) is 0.512. The summed E-state index contributed by atoms with van der Waals surface area (Å²) < 4.78 is 40.6. The topological polar surface area (TPSA) is 104 Å². The average molecular weight is 215 g/mol. The summed E-state index contributed by atoms with van der Waals surface area (Å²) in [6.07, 6.45) is -1.26. The Hall–Kier alpha value is -0.210. The molecule has 0 aliphatic rings. The number of hydrogen-bond acceptors (Lipinski definition) is 5. The van der Waals surface area contributed by atoms with Crippen LogP contribution >= 0.6 is 0 Å². The van der Waals surface area contributed by atoms with Crippen LogP contribution < -0.4 is 0 Å². The highest BCUT2D eigenvalue weighted by Gasteiger charge is 2.04. The van der Waals surface area contributed by atoms with Crippen molar-refractivity contribution < 1.29 is 29.3 Å². The Balaban J connectivity index is 3.61. The van der Waals surface area contributed by atoms with E-state index in [-0.39, 0.29) is 13.0 Å². The van der Waals surface area contributed by atoms with Gasteiger partial charge in [0.25, 0.3) is 10.1 Å². The highest BCUT2D eigenvalue weighted by molar-refractivity contribution is 7.85. The molecular formula is C6H14O6S. The fraction of sp³-hybridized carbons (Fsp3) is 1.00. The van der Waals surface area contributed by atoms with Gasteiger partial charge in [-0.05, 0) is 6.42 Å². The van der Waals surface area contributed by atoms with Crippen LogP contribution in [0, 0.1) is 0 Å². The zero-order chi connectivity index (χ0) is 11.2. The van der Waals surface area contributed by atoms with Crippen LogP contribution in [0.3, 0.4) is 0 Å². The van der Waals surface area contributed by atoms with E-state index in [9.17, 15) is 8.42 Å². The van der Waals surface area contributed by atoms with E-state index in [1.165, 1.54) is 0 Å². The largest absolute Gasteiger partial charge is 0.394 e. The molecule has 80 valence electrons. The standard InChI is InChI=1S/C6H14O6S/c7-4-6(8)5-12-2-1-3-13(9,10)11/h6-8H,1-5H2,(H,9,10,11)/i2D. The van der Waals surface area contributed by atoms with Gasteiger partial charge in [-0.2, -0.15) is 8.42 Å². The minimum atomic E-state index is -4.08. The molecule has 0 saturated heterocycles. The van der Waals surface area contributed by atoms with Crippen LogP contribution in [0.5, 0.6) is 0 Å². The molecular weight excluding hydrogens is 200 g/mol. The molecule has 0 aromatic heterocycles. The second-order valence-electron chi connectivity index (χ2n) is 2.41. The summed E-state index contributed by atoms with van der Waals surface area (Å²) >= 11 is 0. The summed E-state index contributed by atoms with van der Waals surface area (Å²) in [5.41, 5.74) is 0. The van der Waals surface area contributed by atoms with Crippen molar-refractivity contribution >= 4 is 10.1 Å². The van der Waals surface area contributed by atoms with Gasteiger partial charge >= 0.3 is 0 Å². The molecule has 2 atom stereocenters. The second kappa shape index (κ2) is 6.28. The van der Waals surface area contributed by atoms with Gasteiger partial charge in [-0.1, -0.05) is 0 Å². The van der Waals surface area contributed by atoms with Crippen LogP contribution in [0.4, 0.5) is 0 Å². The van der Waals surface area contributed by atoms with E-state index in [0.29, 0.717) is 0 Å². The van der Waals surface area contributed by atoms with E-state index in [0.717, 1.165) is 0 Å². The zero-order valence-electron chi connectivity index (χ0n) is 7.96. The molecule has 13 heavy (non-hydrogen) atoms. The minimum Gasteiger partial charge on any atom is -0.394 e. The SMILES string of the molecule is [2H]C(CCS(=O)(=O)O)OCC(O)CO.